The van der Waals surface area contributed by atoms with Gasteiger partial charge in [0, 0.05) is 6.20 Å². The second-order valence-electron chi connectivity index (χ2n) is 3.32. The molecule has 0 fully saturated rings. The van der Waals surface area contributed by atoms with Crippen molar-refractivity contribution in [1.29, 1.82) is 0 Å². The second kappa shape index (κ2) is 4.43. The highest BCUT2D eigenvalue weighted by molar-refractivity contribution is 6.35. The standard InChI is InChI=1S/C10H7Cl2FN4/c1-4-7(13)9(14)17-10(16-4)8-6(12)2-5(11)3-15-8/h2-3H,1H3,(H2,14,16,17). The minimum Gasteiger partial charge on any atom is -0.381 e. The minimum atomic E-state index is -0.640. The van der Waals surface area contributed by atoms with Gasteiger partial charge in [-0.2, -0.15) is 0 Å². The number of nitrogens with zero attached hydrogens (tertiary/aromatic N) is 3. The normalized spacial score (nSPS) is 10.6. The summed E-state index contributed by atoms with van der Waals surface area (Å²) in [5, 5.41) is 0.675. The molecule has 0 saturated heterocycles. The van der Waals surface area contributed by atoms with Gasteiger partial charge in [-0.25, -0.2) is 19.3 Å². The molecule has 0 atom stereocenters. The zero-order valence-electron chi connectivity index (χ0n) is 8.71. The van der Waals surface area contributed by atoms with Crippen LogP contribution in [0.3, 0.4) is 0 Å². The number of nitrogen functional groups attached to an aromatic ring is 1. The lowest BCUT2D eigenvalue weighted by Crippen LogP contribution is -2.04. The van der Waals surface area contributed by atoms with Crippen LogP contribution in [0.2, 0.25) is 10.0 Å². The molecule has 0 radical (unpaired) electrons. The lowest BCUT2D eigenvalue weighted by Gasteiger charge is -2.05. The van der Waals surface area contributed by atoms with E-state index in [9.17, 15) is 4.39 Å². The fraction of sp³-hybridized carbons (Fsp3) is 0.100. The molecule has 0 aliphatic rings. The van der Waals surface area contributed by atoms with Crippen LogP contribution in [0.25, 0.3) is 11.5 Å². The summed E-state index contributed by atoms with van der Waals surface area (Å²) in [6.45, 7) is 1.49. The number of rotatable bonds is 1. The van der Waals surface area contributed by atoms with Crippen molar-refractivity contribution in [3.05, 3.63) is 33.8 Å². The first kappa shape index (κ1) is 12.0. The van der Waals surface area contributed by atoms with E-state index in [2.05, 4.69) is 15.0 Å². The smallest absolute Gasteiger partial charge is 0.186 e. The molecule has 0 spiro atoms. The van der Waals surface area contributed by atoms with Gasteiger partial charge in [-0.3, -0.25) is 0 Å². The fourth-order valence-corrected chi connectivity index (χ4v) is 1.73. The van der Waals surface area contributed by atoms with Gasteiger partial charge >= 0.3 is 0 Å². The lowest BCUT2D eigenvalue weighted by atomic mass is 10.3. The van der Waals surface area contributed by atoms with E-state index in [1.165, 1.54) is 19.2 Å². The lowest BCUT2D eigenvalue weighted by molar-refractivity contribution is 0.608. The van der Waals surface area contributed by atoms with E-state index in [1.54, 1.807) is 0 Å². The zero-order valence-corrected chi connectivity index (χ0v) is 10.2. The van der Waals surface area contributed by atoms with Crippen LogP contribution in [-0.2, 0) is 0 Å². The highest BCUT2D eigenvalue weighted by Crippen LogP contribution is 2.26. The van der Waals surface area contributed by atoms with Gasteiger partial charge in [0.05, 0.1) is 15.7 Å². The topological polar surface area (TPSA) is 64.7 Å². The summed E-state index contributed by atoms with van der Waals surface area (Å²) in [4.78, 5) is 11.7. The molecule has 0 saturated carbocycles. The summed E-state index contributed by atoms with van der Waals surface area (Å²) in [6, 6.07) is 1.50. The van der Waals surface area contributed by atoms with E-state index in [-0.39, 0.29) is 22.4 Å². The molecule has 2 rings (SSSR count). The van der Waals surface area contributed by atoms with Crippen LogP contribution in [0.4, 0.5) is 10.2 Å². The molecule has 2 N–H and O–H groups in total. The number of anilines is 1. The number of pyridine rings is 1. The van der Waals surface area contributed by atoms with Crippen LogP contribution < -0.4 is 5.73 Å². The van der Waals surface area contributed by atoms with Gasteiger partial charge in [-0.05, 0) is 13.0 Å². The molecule has 17 heavy (non-hydrogen) atoms. The molecule has 0 amide bonds. The molecular formula is C10H7Cl2FN4. The van der Waals surface area contributed by atoms with E-state index in [0.29, 0.717) is 10.7 Å². The third-order valence-corrected chi connectivity index (χ3v) is 2.56. The van der Waals surface area contributed by atoms with Crippen LogP contribution in [0, 0.1) is 12.7 Å². The van der Waals surface area contributed by atoms with Crippen LogP contribution >= 0.6 is 23.2 Å². The Kier molecular flexibility index (Phi) is 3.13. The summed E-state index contributed by atoms with van der Waals surface area (Å²) < 4.78 is 13.3. The van der Waals surface area contributed by atoms with Gasteiger partial charge in [0.2, 0.25) is 0 Å². The van der Waals surface area contributed by atoms with Gasteiger partial charge in [0.15, 0.2) is 17.5 Å². The molecule has 0 bridgehead atoms. The molecule has 2 heterocycles. The van der Waals surface area contributed by atoms with Gasteiger partial charge in [0.25, 0.3) is 0 Å². The van der Waals surface area contributed by atoms with Crippen molar-refractivity contribution < 1.29 is 4.39 Å². The Morgan fingerprint density at radius 1 is 1.29 bits per heavy atom. The zero-order chi connectivity index (χ0) is 12.6. The average molecular weight is 273 g/mol. The molecule has 2 aromatic heterocycles. The average Bonchev–Trinajstić information content (AvgIpc) is 2.25. The Labute approximate surface area is 107 Å². The predicted molar refractivity (Wildman–Crippen MR) is 64.4 cm³/mol. The molecule has 88 valence electrons. The Hall–Kier alpha value is -1.46. The Morgan fingerprint density at radius 3 is 2.59 bits per heavy atom. The first-order chi connectivity index (χ1) is 7.99. The molecule has 4 nitrogen and oxygen atoms in total. The number of hydrogen-bond acceptors (Lipinski definition) is 4. The first-order valence-corrected chi connectivity index (χ1v) is 5.35. The van der Waals surface area contributed by atoms with Crippen molar-refractivity contribution in [2.24, 2.45) is 0 Å². The number of aryl methyl sites for hydroxylation is 1. The Morgan fingerprint density at radius 2 is 2.00 bits per heavy atom. The molecule has 7 heteroatoms. The summed E-state index contributed by atoms with van der Waals surface area (Å²) in [7, 11) is 0. The van der Waals surface area contributed by atoms with Gasteiger partial charge < -0.3 is 5.73 Å². The number of halogens is 3. The van der Waals surface area contributed by atoms with Crippen molar-refractivity contribution in [2.45, 2.75) is 6.92 Å². The van der Waals surface area contributed by atoms with Crippen molar-refractivity contribution in [3.8, 4) is 11.5 Å². The first-order valence-electron chi connectivity index (χ1n) is 4.60. The van der Waals surface area contributed by atoms with E-state index in [4.69, 9.17) is 28.9 Å². The van der Waals surface area contributed by atoms with Crippen molar-refractivity contribution in [3.63, 3.8) is 0 Å². The van der Waals surface area contributed by atoms with Crippen LogP contribution in [0.5, 0.6) is 0 Å². The van der Waals surface area contributed by atoms with E-state index in [0.717, 1.165) is 0 Å². The second-order valence-corrected chi connectivity index (χ2v) is 4.16. The summed E-state index contributed by atoms with van der Waals surface area (Å²) in [5.74, 6) is -0.706. The predicted octanol–water partition coefficient (Wildman–Crippen LogP) is 2.88. The maximum Gasteiger partial charge on any atom is 0.186 e. The quantitative estimate of drug-likeness (QED) is 0.867. The van der Waals surface area contributed by atoms with Crippen LogP contribution in [-0.4, -0.2) is 15.0 Å². The molecule has 0 unspecified atom stereocenters. The SMILES string of the molecule is Cc1nc(-c2ncc(Cl)cc2Cl)nc(N)c1F. The molecule has 0 aliphatic heterocycles. The minimum absolute atomic E-state index is 0.139. The van der Waals surface area contributed by atoms with Crippen molar-refractivity contribution in [1.82, 2.24) is 15.0 Å². The van der Waals surface area contributed by atoms with E-state index < -0.39 is 5.82 Å². The summed E-state index contributed by atoms with van der Waals surface area (Å²) in [5.41, 5.74) is 5.87. The maximum absolute atomic E-state index is 13.3. The van der Waals surface area contributed by atoms with Crippen LogP contribution in [0.1, 0.15) is 5.69 Å². The Bertz CT molecular complexity index is 566. The number of aromatic nitrogens is 3. The van der Waals surface area contributed by atoms with Crippen molar-refractivity contribution >= 4 is 29.0 Å². The summed E-state index contributed by atoms with van der Waals surface area (Å²) >= 11 is 11.7. The third kappa shape index (κ3) is 2.30. The van der Waals surface area contributed by atoms with Crippen LogP contribution in [0.15, 0.2) is 12.3 Å². The van der Waals surface area contributed by atoms with Gasteiger partial charge in [0.1, 0.15) is 5.69 Å². The number of hydrogen-bond donors (Lipinski definition) is 1. The Balaban J connectivity index is 2.61. The third-order valence-electron chi connectivity index (χ3n) is 2.06. The highest BCUT2D eigenvalue weighted by atomic mass is 35.5. The number of nitrogens with two attached hydrogens (primary N) is 1. The maximum atomic E-state index is 13.3. The van der Waals surface area contributed by atoms with Gasteiger partial charge in [-0.15, -0.1) is 0 Å². The van der Waals surface area contributed by atoms with Gasteiger partial charge in [-0.1, -0.05) is 23.2 Å². The van der Waals surface area contributed by atoms with Crippen molar-refractivity contribution in [2.75, 3.05) is 5.73 Å². The largest absolute Gasteiger partial charge is 0.381 e. The highest BCUT2D eigenvalue weighted by Gasteiger charge is 2.13. The fourth-order valence-electron chi connectivity index (χ4n) is 1.27. The molecule has 2 aromatic rings. The summed E-state index contributed by atoms with van der Waals surface area (Å²) in [6.07, 6.45) is 1.40. The molecule has 0 aliphatic carbocycles. The monoisotopic (exact) mass is 272 g/mol. The van der Waals surface area contributed by atoms with E-state index in [1.807, 2.05) is 0 Å². The molecule has 0 aromatic carbocycles. The molecular weight excluding hydrogens is 266 g/mol. The van der Waals surface area contributed by atoms with E-state index >= 15 is 0 Å².